The number of para-hydroxylation sites is 1. The molecule has 1 saturated carbocycles. The van der Waals surface area contributed by atoms with E-state index in [4.69, 9.17) is 5.26 Å². The Bertz CT molecular complexity index is 1180. The Labute approximate surface area is 221 Å². The number of alkyl halides is 3. The zero-order chi connectivity index (χ0) is 26.7. The molecule has 2 aliphatic heterocycles. The average Bonchev–Trinajstić information content (AvgIpc) is 2.93. The quantitative estimate of drug-likeness (QED) is 0.534. The summed E-state index contributed by atoms with van der Waals surface area (Å²) in [6.45, 7) is 2.01. The summed E-state index contributed by atoms with van der Waals surface area (Å²) in [6.07, 6.45) is 2.12. The molecular weight excluding hydrogens is 493 g/mol. The molecule has 6 nitrogen and oxygen atoms in total. The number of benzene rings is 2. The number of hydrogen-bond acceptors (Lipinski definition) is 6. The minimum absolute atomic E-state index is 0.00934. The van der Waals surface area contributed by atoms with Gasteiger partial charge in [0.2, 0.25) is 0 Å². The molecule has 202 valence electrons. The summed E-state index contributed by atoms with van der Waals surface area (Å²) in [5.41, 5.74) is 2.75. The minimum Gasteiger partial charge on any atom is -0.404 e. The van der Waals surface area contributed by atoms with Crippen LogP contribution in [0.1, 0.15) is 49.7 Å². The number of Topliss-reactive ketones (excluding diaryl/α,β-unsaturated/α-hetero) is 1. The molecular formula is C29H33F3N4O2. The highest BCUT2D eigenvalue weighted by Crippen LogP contribution is 2.36. The lowest BCUT2D eigenvalue weighted by molar-refractivity contribution is -0.274. The van der Waals surface area contributed by atoms with Crippen LogP contribution >= 0.6 is 0 Å². The molecule has 2 heterocycles. The van der Waals surface area contributed by atoms with Crippen molar-refractivity contribution in [3.63, 3.8) is 0 Å². The Kier molecular flexibility index (Phi) is 7.80. The molecule has 0 aromatic heterocycles. The molecule has 2 unspecified atom stereocenters. The van der Waals surface area contributed by atoms with Gasteiger partial charge in [0.15, 0.2) is 11.5 Å². The van der Waals surface area contributed by atoms with E-state index >= 15 is 0 Å². The van der Waals surface area contributed by atoms with E-state index in [1.54, 1.807) is 0 Å². The molecule has 38 heavy (non-hydrogen) atoms. The van der Waals surface area contributed by atoms with Crippen molar-refractivity contribution >= 4 is 17.2 Å². The molecule has 2 aromatic rings. The van der Waals surface area contributed by atoms with E-state index in [9.17, 15) is 18.0 Å². The molecule has 0 bridgehead atoms. The fourth-order valence-electron chi connectivity index (χ4n) is 6.25. The largest absolute Gasteiger partial charge is 0.573 e. The van der Waals surface area contributed by atoms with Gasteiger partial charge in [-0.15, -0.1) is 13.2 Å². The van der Waals surface area contributed by atoms with Gasteiger partial charge in [-0.1, -0.05) is 37.5 Å². The number of piperazine rings is 1. The van der Waals surface area contributed by atoms with Crippen molar-refractivity contribution in [1.29, 1.82) is 5.26 Å². The number of nitrogens with zero attached hydrogens (tertiary/aromatic N) is 3. The SMILES string of the molecule is N#Cc1ccc(N2CCN(C(C(=O)C3CCCCC3)C3CCc4ccccc4N3)CC2)c(OC(F)(F)F)c1. The molecule has 9 heteroatoms. The van der Waals surface area contributed by atoms with Crippen LogP contribution in [-0.2, 0) is 11.2 Å². The van der Waals surface area contributed by atoms with Crippen LogP contribution in [0.3, 0.4) is 0 Å². The van der Waals surface area contributed by atoms with Crippen LogP contribution in [0.2, 0.25) is 0 Å². The monoisotopic (exact) mass is 526 g/mol. The first-order chi connectivity index (χ1) is 18.3. The van der Waals surface area contributed by atoms with E-state index in [1.807, 2.05) is 23.1 Å². The van der Waals surface area contributed by atoms with Crippen LogP contribution in [0.15, 0.2) is 42.5 Å². The standard InChI is InChI=1S/C29H33F3N4O2/c30-29(31,32)38-26-18-20(19-33)10-13-25(26)35-14-16-36(17-15-35)27(28(37)22-7-2-1-3-8-22)24-12-11-21-6-4-5-9-23(21)34-24/h4-6,9-10,13,18,22,24,27,34H,1-3,7-8,11-12,14-17H2. The molecule has 1 N–H and O–H groups in total. The number of halogens is 3. The number of fused-ring (bicyclic) bond motifs is 1. The third kappa shape index (κ3) is 5.91. The van der Waals surface area contributed by atoms with Gasteiger partial charge in [-0.3, -0.25) is 9.69 Å². The summed E-state index contributed by atoms with van der Waals surface area (Å²) >= 11 is 0. The fourth-order valence-corrected chi connectivity index (χ4v) is 6.25. The number of anilines is 2. The molecule has 2 aromatic carbocycles. The summed E-state index contributed by atoms with van der Waals surface area (Å²) in [7, 11) is 0. The Morgan fingerprint density at radius 2 is 1.76 bits per heavy atom. The van der Waals surface area contributed by atoms with Gasteiger partial charge in [0.05, 0.1) is 23.4 Å². The van der Waals surface area contributed by atoms with Gasteiger partial charge in [0.25, 0.3) is 0 Å². The van der Waals surface area contributed by atoms with E-state index in [-0.39, 0.29) is 29.3 Å². The number of nitriles is 1. The maximum Gasteiger partial charge on any atom is 0.573 e. The fraction of sp³-hybridized carbons (Fsp3) is 0.517. The average molecular weight is 527 g/mol. The predicted molar refractivity (Wildman–Crippen MR) is 139 cm³/mol. The van der Waals surface area contributed by atoms with Gasteiger partial charge in [0, 0.05) is 49.9 Å². The summed E-state index contributed by atoms with van der Waals surface area (Å²) < 4.78 is 43.6. The first-order valence-corrected chi connectivity index (χ1v) is 13.5. The lowest BCUT2D eigenvalue weighted by Gasteiger charge is -2.45. The molecule has 2 fully saturated rings. The van der Waals surface area contributed by atoms with Gasteiger partial charge in [-0.2, -0.15) is 5.26 Å². The van der Waals surface area contributed by atoms with Gasteiger partial charge in [0.1, 0.15) is 0 Å². The smallest absolute Gasteiger partial charge is 0.404 e. The summed E-state index contributed by atoms with van der Waals surface area (Å²) in [5.74, 6) is -0.00375. The molecule has 0 amide bonds. The van der Waals surface area contributed by atoms with E-state index in [1.165, 1.54) is 24.1 Å². The molecule has 3 aliphatic rings. The lowest BCUT2D eigenvalue weighted by atomic mass is 9.80. The third-order valence-corrected chi connectivity index (χ3v) is 8.13. The van der Waals surface area contributed by atoms with Crippen LogP contribution in [0.4, 0.5) is 24.5 Å². The maximum atomic E-state index is 14.0. The normalized spacial score (nSPS) is 21.6. The third-order valence-electron chi connectivity index (χ3n) is 8.13. The summed E-state index contributed by atoms with van der Waals surface area (Å²) in [6, 6.07) is 14.0. The number of carbonyl (C=O) groups is 1. The molecule has 2 atom stereocenters. The number of carbonyl (C=O) groups excluding carboxylic acids is 1. The number of nitrogens with one attached hydrogen (secondary N) is 1. The number of rotatable bonds is 6. The van der Waals surface area contributed by atoms with Crippen molar-refractivity contribution in [3.05, 3.63) is 53.6 Å². The minimum atomic E-state index is -4.86. The van der Waals surface area contributed by atoms with Gasteiger partial charge >= 0.3 is 6.36 Å². The van der Waals surface area contributed by atoms with Crippen molar-refractivity contribution in [3.8, 4) is 11.8 Å². The topological polar surface area (TPSA) is 68.6 Å². The Morgan fingerprint density at radius 1 is 1.03 bits per heavy atom. The van der Waals surface area contributed by atoms with Gasteiger partial charge in [-0.25, -0.2) is 0 Å². The zero-order valence-electron chi connectivity index (χ0n) is 21.3. The van der Waals surface area contributed by atoms with Crippen LogP contribution in [0.5, 0.6) is 5.75 Å². The molecule has 1 saturated heterocycles. The number of ketones is 1. The van der Waals surface area contributed by atoms with Crippen LogP contribution < -0.4 is 15.0 Å². The Morgan fingerprint density at radius 3 is 2.47 bits per heavy atom. The summed E-state index contributed by atoms with van der Waals surface area (Å²) in [4.78, 5) is 18.1. The first kappa shape index (κ1) is 26.4. The number of ether oxygens (including phenoxy) is 1. The van der Waals surface area contributed by atoms with Crippen LogP contribution in [0.25, 0.3) is 0 Å². The van der Waals surface area contributed by atoms with Crippen LogP contribution in [0, 0.1) is 17.2 Å². The molecule has 0 spiro atoms. The molecule has 1 aliphatic carbocycles. The highest BCUT2D eigenvalue weighted by molar-refractivity contribution is 5.88. The van der Waals surface area contributed by atoms with E-state index < -0.39 is 6.36 Å². The predicted octanol–water partition coefficient (Wildman–Crippen LogP) is 5.52. The lowest BCUT2D eigenvalue weighted by Crippen LogP contribution is -2.60. The molecule has 0 radical (unpaired) electrons. The second-order valence-corrected chi connectivity index (χ2v) is 10.5. The zero-order valence-corrected chi connectivity index (χ0v) is 21.3. The van der Waals surface area contributed by atoms with E-state index in [0.717, 1.165) is 50.3 Å². The van der Waals surface area contributed by atoms with E-state index in [0.29, 0.717) is 37.6 Å². The Hall–Kier alpha value is -3.25. The second-order valence-electron chi connectivity index (χ2n) is 10.5. The highest BCUT2D eigenvalue weighted by Gasteiger charge is 2.40. The van der Waals surface area contributed by atoms with Crippen molar-refractivity contribution in [2.24, 2.45) is 5.92 Å². The molecule has 5 rings (SSSR count). The van der Waals surface area contributed by atoms with Crippen molar-refractivity contribution in [2.75, 3.05) is 36.4 Å². The summed E-state index contributed by atoms with van der Waals surface area (Å²) in [5, 5.41) is 12.8. The van der Waals surface area contributed by atoms with E-state index in [2.05, 4.69) is 27.1 Å². The van der Waals surface area contributed by atoms with Crippen molar-refractivity contribution < 1.29 is 22.7 Å². The van der Waals surface area contributed by atoms with Gasteiger partial charge in [-0.05, 0) is 49.4 Å². The number of aryl methyl sites for hydroxylation is 1. The van der Waals surface area contributed by atoms with Crippen molar-refractivity contribution in [2.45, 2.75) is 63.4 Å². The Balaban J connectivity index is 1.35. The van der Waals surface area contributed by atoms with Gasteiger partial charge < -0.3 is 15.0 Å². The van der Waals surface area contributed by atoms with Crippen LogP contribution in [-0.4, -0.2) is 55.3 Å². The van der Waals surface area contributed by atoms with Crippen molar-refractivity contribution in [1.82, 2.24) is 4.90 Å². The maximum absolute atomic E-state index is 14.0. The second kappa shape index (κ2) is 11.2. The first-order valence-electron chi connectivity index (χ1n) is 13.5. The number of hydrogen-bond donors (Lipinski definition) is 1. The highest BCUT2D eigenvalue weighted by atomic mass is 19.4.